The first-order chi connectivity index (χ1) is 14.2. The molecule has 2 aromatic carbocycles. The molecule has 0 aromatic heterocycles. The molecule has 0 spiro atoms. The second kappa shape index (κ2) is 9.27. The number of morpholine rings is 1. The van der Waals surface area contributed by atoms with E-state index in [1.165, 1.54) is 16.4 Å². The Kier molecular flexibility index (Phi) is 6.94. The molecule has 1 heterocycles. The van der Waals surface area contributed by atoms with Gasteiger partial charge in [0.05, 0.1) is 38.8 Å². The lowest BCUT2D eigenvalue weighted by Gasteiger charge is -2.26. The zero-order chi connectivity index (χ0) is 21.9. The Morgan fingerprint density at radius 3 is 2.50 bits per heavy atom. The molecular weight excluding hydrogens is 455 g/mol. The molecule has 0 atom stereocenters. The number of halogens is 2. The SMILES string of the molecule is CC(=NNc1ccc(S(=O)(=O)N2CCOCC2)cc1[N+](=O)[O-])c1ccc(Cl)c(Cl)c1. The molecule has 1 saturated heterocycles. The Morgan fingerprint density at radius 2 is 1.87 bits per heavy atom. The van der Waals surface area contributed by atoms with Gasteiger partial charge in [-0.2, -0.15) is 9.41 Å². The molecule has 160 valence electrons. The van der Waals surface area contributed by atoms with E-state index in [0.29, 0.717) is 21.3 Å². The zero-order valence-corrected chi connectivity index (χ0v) is 18.2. The van der Waals surface area contributed by atoms with E-state index in [-0.39, 0.29) is 36.9 Å². The summed E-state index contributed by atoms with van der Waals surface area (Å²) in [7, 11) is -3.86. The van der Waals surface area contributed by atoms with Crippen molar-refractivity contribution in [3.05, 3.63) is 62.1 Å². The zero-order valence-electron chi connectivity index (χ0n) is 15.8. The van der Waals surface area contributed by atoms with Crippen molar-refractivity contribution in [2.45, 2.75) is 11.8 Å². The molecule has 0 unspecified atom stereocenters. The summed E-state index contributed by atoms with van der Waals surface area (Å²) in [5.41, 5.74) is 3.45. The maximum absolute atomic E-state index is 12.8. The van der Waals surface area contributed by atoms with Crippen molar-refractivity contribution in [3.63, 3.8) is 0 Å². The molecule has 2 aromatic rings. The van der Waals surface area contributed by atoms with Crippen LogP contribution >= 0.6 is 23.2 Å². The Labute approximate surface area is 183 Å². The van der Waals surface area contributed by atoms with Gasteiger partial charge in [-0.25, -0.2) is 8.42 Å². The summed E-state index contributed by atoms with van der Waals surface area (Å²) >= 11 is 11.9. The van der Waals surface area contributed by atoms with Crippen molar-refractivity contribution >= 4 is 50.3 Å². The summed E-state index contributed by atoms with van der Waals surface area (Å²) in [6, 6.07) is 8.60. The second-order valence-electron chi connectivity index (χ2n) is 6.39. The number of rotatable bonds is 6. The van der Waals surface area contributed by atoms with Gasteiger partial charge in [0.15, 0.2) is 0 Å². The van der Waals surface area contributed by atoms with E-state index in [9.17, 15) is 18.5 Å². The van der Waals surface area contributed by atoms with E-state index in [2.05, 4.69) is 10.5 Å². The quantitative estimate of drug-likeness (QED) is 0.388. The molecule has 3 rings (SSSR count). The number of hydrogen-bond donors (Lipinski definition) is 1. The van der Waals surface area contributed by atoms with Crippen LogP contribution in [-0.2, 0) is 14.8 Å². The lowest BCUT2D eigenvalue weighted by Crippen LogP contribution is -2.40. The van der Waals surface area contributed by atoms with Gasteiger partial charge in [-0.15, -0.1) is 0 Å². The van der Waals surface area contributed by atoms with E-state index < -0.39 is 20.6 Å². The van der Waals surface area contributed by atoms with Crippen LogP contribution < -0.4 is 5.43 Å². The van der Waals surface area contributed by atoms with E-state index in [0.717, 1.165) is 6.07 Å². The number of nitrogens with zero attached hydrogens (tertiary/aromatic N) is 3. The third-order valence-corrected chi connectivity index (χ3v) is 7.09. The van der Waals surface area contributed by atoms with Crippen LogP contribution in [0.2, 0.25) is 10.0 Å². The maximum Gasteiger partial charge on any atom is 0.295 e. The van der Waals surface area contributed by atoms with Crippen LogP contribution in [0.25, 0.3) is 0 Å². The van der Waals surface area contributed by atoms with E-state index >= 15 is 0 Å². The highest BCUT2D eigenvalue weighted by Crippen LogP contribution is 2.29. The van der Waals surface area contributed by atoms with Crippen LogP contribution in [0.15, 0.2) is 46.4 Å². The summed E-state index contributed by atoms with van der Waals surface area (Å²) in [5, 5.41) is 16.4. The highest BCUT2D eigenvalue weighted by Gasteiger charge is 2.28. The largest absolute Gasteiger partial charge is 0.379 e. The predicted octanol–water partition coefficient (Wildman–Crippen LogP) is 3.76. The van der Waals surface area contributed by atoms with Gasteiger partial charge in [0, 0.05) is 19.2 Å². The number of hydrogen-bond acceptors (Lipinski definition) is 7. The summed E-state index contributed by atoms with van der Waals surface area (Å²) in [5.74, 6) is 0. The van der Waals surface area contributed by atoms with E-state index in [1.54, 1.807) is 25.1 Å². The lowest BCUT2D eigenvalue weighted by atomic mass is 10.1. The first-order valence-corrected chi connectivity index (χ1v) is 11.0. The number of nitro benzene ring substituents is 1. The van der Waals surface area contributed by atoms with Crippen molar-refractivity contribution in [1.29, 1.82) is 0 Å². The second-order valence-corrected chi connectivity index (χ2v) is 9.14. The van der Waals surface area contributed by atoms with Gasteiger partial charge in [0.2, 0.25) is 10.0 Å². The first-order valence-electron chi connectivity index (χ1n) is 8.82. The smallest absolute Gasteiger partial charge is 0.295 e. The van der Waals surface area contributed by atoms with Gasteiger partial charge >= 0.3 is 0 Å². The molecule has 0 amide bonds. The van der Waals surface area contributed by atoms with Crippen LogP contribution in [0, 0.1) is 10.1 Å². The number of benzene rings is 2. The van der Waals surface area contributed by atoms with Crippen molar-refractivity contribution in [2.75, 3.05) is 31.7 Å². The number of ether oxygens (including phenoxy) is 1. The van der Waals surface area contributed by atoms with Gasteiger partial charge < -0.3 is 4.74 Å². The molecule has 30 heavy (non-hydrogen) atoms. The standard InChI is InChI=1S/C18H18Cl2N4O5S/c1-12(13-2-4-15(19)16(20)10-13)21-22-17-5-3-14(11-18(17)24(25)26)30(27,28)23-6-8-29-9-7-23/h2-5,10-11,22H,6-9H2,1H3. The van der Waals surface area contributed by atoms with Crippen LogP contribution in [0.5, 0.6) is 0 Å². The minimum Gasteiger partial charge on any atom is -0.379 e. The molecule has 1 N–H and O–H groups in total. The lowest BCUT2D eigenvalue weighted by molar-refractivity contribution is -0.384. The highest BCUT2D eigenvalue weighted by atomic mass is 35.5. The molecule has 1 aliphatic rings. The molecular formula is C18H18Cl2N4O5S. The molecule has 0 bridgehead atoms. The number of anilines is 1. The number of nitrogens with one attached hydrogen (secondary N) is 1. The maximum atomic E-state index is 12.8. The van der Waals surface area contributed by atoms with Crippen molar-refractivity contribution in [3.8, 4) is 0 Å². The van der Waals surface area contributed by atoms with Crippen LogP contribution in [0.4, 0.5) is 11.4 Å². The molecule has 0 radical (unpaired) electrons. The van der Waals surface area contributed by atoms with Crippen LogP contribution in [-0.4, -0.2) is 49.7 Å². The Bertz CT molecular complexity index is 1100. The summed E-state index contributed by atoms with van der Waals surface area (Å²) in [6.45, 7) is 2.65. The predicted molar refractivity (Wildman–Crippen MR) is 115 cm³/mol. The third kappa shape index (κ3) is 4.90. The average molecular weight is 473 g/mol. The Morgan fingerprint density at radius 1 is 1.17 bits per heavy atom. The topological polar surface area (TPSA) is 114 Å². The number of sulfonamides is 1. The normalized spacial score (nSPS) is 15.8. The highest BCUT2D eigenvalue weighted by molar-refractivity contribution is 7.89. The molecule has 0 saturated carbocycles. The summed E-state index contributed by atoms with van der Waals surface area (Å²) in [6.07, 6.45) is 0. The molecule has 0 aliphatic carbocycles. The van der Waals surface area contributed by atoms with Gasteiger partial charge in [0.1, 0.15) is 5.69 Å². The fourth-order valence-electron chi connectivity index (χ4n) is 2.78. The fraction of sp³-hybridized carbons (Fsp3) is 0.278. The summed E-state index contributed by atoms with van der Waals surface area (Å²) < 4.78 is 31.9. The fourth-order valence-corrected chi connectivity index (χ4v) is 4.51. The van der Waals surface area contributed by atoms with Gasteiger partial charge in [-0.05, 0) is 36.8 Å². The minimum atomic E-state index is -3.86. The first kappa shape index (κ1) is 22.4. The third-order valence-electron chi connectivity index (χ3n) is 4.46. The Balaban J connectivity index is 1.88. The molecule has 1 aliphatic heterocycles. The van der Waals surface area contributed by atoms with Gasteiger partial charge in [0.25, 0.3) is 5.69 Å². The van der Waals surface area contributed by atoms with E-state index in [4.69, 9.17) is 27.9 Å². The monoisotopic (exact) mass is 472 g/mol. The van der Waals surface area contributed by atoms with Gasteiger partial charge in [-0.3, -0.25) is 15.5 Å². The van der Waals surface area contributed by atoms with Crippen molar-refractivity contribution < 1.29 is 18.1 Å². The van der Waals surface area contributed by atoms with Crippen molar-refractivity contribution in [2.24, 2.45) is 5.10 Å². The minimum absolute atomic E-state index is 0.0559. The van der Waals surface area contributed by atoms with Crippen LogP contribution in [0.3, 0.4) is 0 Å². The van der Waals surface area contributed by atoms with E-state index in [1.807, 2.05) is 0 Å². The molecule has 1 fully saturated rings. The van der Waals surface area contributed by atoms with Crippen LogP contribution in [0.1, 0.15) is 12.5 Å². The van der Waals surface area contributed by atoms with Crippen molar-refractivity contribution in [1.82, 2.24) is 4.31 Å². The number of hydrazone groups is 1. The number of nitro groups is 1. The molecule has 12 heteroatoms. The van der Waals surface area contributed by atoms with Gasteiger partial charge in [-0.1, -0.05) is 29.3 Å². The average Bonchev–Trinajstić information content (AvgIpc) is 2.74. The Hall–Kier alpha value is -2.24. The molecule has 9 nitrogen and oxygen atoms in total. The summed E-state index contributed by atoms with van der Waals surface area (Å²) in [4.78, 5) is 10.7.